The Morgan fingerprint density at radius 3 is 2.64 bits per heavy atom. The topological polar surface area (TPSA) is 67.2 Å². The van der Waals surface area contributed by atoms with Gasteiger partial charge in [-0.1, -0.05) is 24.6 Å². The maximum absolute atomic E-state index is 13.8. The van der Waals surface area contributed by atoms with Crippen LogP contribution >= 0.6 is 0 Å². The molecule has 1 atom stereocenters. The zero-order valence-corrected chi connectivity index (χ0v) is 18.5. The number of halogens is 1. The fraction of sp³-hybridized carbons (Fsp3) is 0.423. The van der Waals surface area contributed by atoms with E-state index in [1.54, 1.807) is 0 Å². The van der Waals surface area contributed by atoms with Crippen molar-refractivity contribution < 1.29 is 14.0 Å². The highest BCUT2D eigenvalue weighted by Crippen LogP contribution is 2.40. The summed E-state index contributed by atoms with van der Waals surface area (Å²) in [6, 6.07) is 12.4. The molecule has 6 nitrogen and oxygen atoms in total. The van der Waals surface area contributed by atoms with Gasteiger partial charge in [0.1, 0.15) is 11.6 Å². The van der Waals surface area contributed by atoms with Crippen LogP contribution in [0.15, 0.2) is 42.5 Å². The first-order chi connectivity index (χ1) is 16.1. The van der Waals surface area contributed by atoms with Crippen LogP contribution in [-0.4, -0.2) is 39.4 Å². The lowest BCUT2D eigenvalue weighted by atomic mass is 9.84. The van der Waals surface area contributed by atoms with Crippen LogP contribution in [0.25, 0.3) is 11.0 Å². The Kier molecular flexibility index (Phi) is 4.93. The molecule has 2 amide bonds. The van der Waals surface area contributed by atoms with E-state index in [2.05, 4.69) is 9.88 Å². The quantitative estimate of drug-likeness (QED) is 0.643. The molecule has 1 aliphatic carbocycles. The van der Waals surface area contributed by atoms with Crippen molar-refractivity contribution in [1.29, 1.82) is 0 Å². The molecule has 3 aromatic rings. The second-order valence-electron chi connectivity index (χ2n) is 9.53. The first-order valence-electron chi connectivity index (χ1n) is 11.9. The molecule has 7 heteroatoms. The summed E-state index contributed by atoms with van der Waals surface area (Å²) in [6.45, 7) is 1.35. The Bertz CT molecular complexity index is 1240. The number of imidazole rings is 1. The molecule has 6 rings (SSSR count). The van der Waals surface area contributed by atoms with Crippen molar-refractivity contribution in [2.75, 3.05) is 13.1 Å². The number of carbonyl (C=O) groups is 2. The number of likely N-dealkylation sites (tertiary alicyclic amines) is 1. The summed E-state index contributed by atoms with van der Waals surface area (Å²) in [5.74, 6) is 1.25. The smallest absolute Gasteiger partial charge is 0.252 e. The third-order valence-electron chi connectivity index (χ3n) is 7.60. The molecule has 33 heavy (non-hydrogen) atoms. The first-order valence-corrected chi connectivity index (χ1v) is 11.9. The molecule has 3 aliphatic rings. The number of amides is 2. The molecule has 0 unspecified atom stereocenters. The summed E-state index contributed by atoms with van der Waals surface area (Å²) >= 11 is 0. The van der Waals surface area contributed by atoms with Crippen LogP contribution in [0.1, 0.15) is 78.3 Å². The van der Waals surface area contributed by atoms with Crippen LogP contribution in [0.5, 0.6) is 0 Å². The van der Waals surface area contributed by atoms with E-state index >= 15 is 0 Å². The van der Waals surface area contributed by atoms with Gasteiger partial charge in [-0.3, -0.25) is 9.59 Å². The number of carbonyl (C=O) groups excluding carboxylic acids is 2. The van der Waals surface area contributed by atoms with E-state index in [1.165, 1.54) is 18.6 Å². The largest absolute Gasteiger partial charge is 0.345 e. The Balaban J connectivity index is 1.17. The number of rotatable bonds is 4. The zero-order valence-electron chi connectivity index (χ0n) is 18.5. The summed E-state index contributed by atoms with van der Waals surface area (Å²) in [5, 5.41) is 2.95. The van der Waals surface area contributed by atoms with Crippen molar-refractivity contribution in [2.24, 2.45) is 0 Å². The molecule has 2 aliphatic heterocycles. The van der Waals surface area contributed by atoms with E-state index in [0.717, 1.165) is 48.1 Å². The number of nitrogens with zero attached hydrogens (tertiary/aromatic N) is 3. The van der Waals surface area contributed by atoms with E-state index in [4.69, 9.17) is 4.98 Å². The summed E-state index contributed by atoms with van der Waals surface area (Å²) in [6.07, 6.45) is 5.48. The molecule has 3 heterocycles. The van der Waals surface area contributed by atoms with Crippen molar-refractivity contribution in [3.8, 4) is 0 Å². The van der Waals surface area contributed by atoms with Crippen LogP contribution < -0.4 is 5.32 Å². The minimum atomic E-state index is -0.256. The minimum absolute atomic E-state index is 0.0761. The lowest BCUT2D eigenvalue weighted by molar-refractivity contribution is -0.133. The number of fused-ring (bicyclic) bond motifs is 2. The van der Waals surface area contributed by atoms with Crippen molar-refractivity contribution in [3.63, 3.8) is 0 Å². The van der Waals surface area contributed by atoms with E-state index in [-0.39, 0.29) is 36.1 Å². The number of nitrogens with one attached hydrogen (secondary N) is 1. The molecule has 0 bridgehead atoms. The minimum Gasteiger partial charge on any atom is -0.345 e. The van der Waals surface area contributed by atoms with Gasteiger partial charge in [-0.05, 0) is 49.4 Å². The van der Waals surface area contributed by atoms with Gasteiger partial charge in [-0.15, -0.1) is 0 Å². The number of hydrogen-bond acceptors (Lipinski definition) is 3. The molecule has 1 saturated carbocycles. The molecule has 2 fully saturated rings. The molecule has 170 valence electrons. The van der Waals surface area contributed by atoms with E-state index in [0.29, 0.717) is 24.6 Å². The molecule has 1 aromatic heterocycles. The molecule has 1 N–H and O–H groups in total. The van der Waals surface area contributed by atoms with Gasteiger partial charge in [0.15, 0.2) is 0 Å². The van der Waals surface area contributed by atoms with Crippen molar-refractivity contribution >= 4 is 22.8 Å². The Morgan fingerprint density at radius 2 is 1.88 bits per heavy atom. The second-order valence-corrected chi connectivity index (χ2v) is 9.53. The van der Waals surface area contributed by atoms with Gasteiger partial charge in [0.25, 0.3) is 5.91 Å². The predicted molar refractivity (Wildman–Crippen MR) is 122 cm³/mol. The fourth-order valence-electron chi connectivity index (χ4n) is 5.59. The maximum atomic E-state index is 13.8. The van der Waals surface area contributed by atoms with E-state index < -0.39 is 0 Å². The van der Waals surface area contributed by atoms with E-state index in [1.807, 2.05) is 35.2 Å². The normalized spacial score (nSPS) is 21.2. The molecular formula is C26H27FN4O2. The van der Waals surface area contributed by atoms with Gasteiger partial charge >= 0.3 is 0 Å². The summed E-state index contributed by atoms with van der Waals surface area (Å²) in [5.41, 5.74) is 3.30. The average molecular weight is 447 g/mol. The van der Waals surface area contributed by atoms with Crippen LogP contribution in [-0.2, 0) is 4.79 Å². The number of piperidine rings is 1. The monoisotopic (exact) mass is 446 g/mol. The third kappa shape index (κ3) is 3.50. The van der Waals surface area contributed by atoms with Crippen LogP contribution in [0.4, 0.5) is 4.39 Å². The number of benzene rings is 2. The van der Waals surface area contributed by atoms with Crippen LogP contribution in [0, 0.1) is 5.82 Å². The lowest BCUT2D eigenvalue weighted by Gasteiger charge is -2.36. The van der Waals surface area contributed by atoms with Gasteiger partial charge in [-0.2, -0.15) is 0 Å². The van der Waals surface area contributed by atoms with Gasteiger partial charge in [0, 0.05) is 36.7 Å². The SMILES string of the molecule is O=C1N[C@@H](CC(=O)N2CCC(n3c(C4CCC4)nc4cc(F)ccc43)CC2)c2ccccc21. The predicted octanol–water partition coefficient (Wildman–Crippen LogP) is 4.48. The van der Waals surface area contributed by atoms with Gasteiger partial charge in [0.05, 0.1) is 23.5 Å². The average Bonchev–Trinajstić information content (AvgIpc) is 3.30. The number of aromatic nitrogens is 2. The maximum Gasteiger partial charge on any atom is 0.252 e. The van der Waals surface area contributed by atoms with Gasteiger partial charge in [-0.25, -0.2) is 9.37 Å². The first kappa shape index (κ1) is 20.4. The summed E-state index contributed by atoms with van der Waals surface area (Å²) in [7, 11) is 0. The van der Waals surface area contributed by atoms with Crippen LogP contribution in [0.3, 0.4) is 0 Å². The van der Waals surface area contributed by atoms with Crippen LogP contribution in [0.2, 0.25) is 0 Å². The highest BCUT2D eigenvalue weighted by Gasteiger charge is 2.34. The standard InChI is InChI=1S/C26H27FN4O2/c27-17-8-9-23-22(14-17)28-25(16-4-3-5-16)31(23)18-10-12-30(13-11-18)24(32)15-21-19-6-1-2-7-20(19)26(33)29-21/h1-2,6-9,14,16,18,21H,3-5,10-13,15H2,(H,29,33)/t21-/m0/s1. The number of hydrogen-bond donors (Lipinski definition) is 1. The Hall–Kier alpha value is -3.22. The zero-order chi connectivity index (χ0) is 22.5. The molecule has 1 saturated heterocycles. The van der Waals surface area contributed by atoms with Gasteiger partial charge in [0.2, 0.25) is 5.91 Å². The summed E-state index contributed by atoms with van der Waals surface area (Å²) < 4.78 is 16.1. The fourth-order valence-corrected chi connectivity index (χ4v) is 5.59. The second kappa shape index (κ2) is 7.97. The van der Waals surface area contributed by atoms with Gasteiger partial charge < -0.3 is 14.8 Å². The molecule has 0 radical (unpaired) electrons. The van der Waals surface area contributed by atoms with Crippen molar-refractivity contribution in [2.45, 2.75) is 56.5 Å². The highest BCUT2D eigenvalue weighted by molar-refractivity contribution is 5.99. The van der Waals surface area contributed by atoms with Crippen molar-refractivity contribution in [3.05, 3.63) is 65.2 Å². The van der Waals surface area contributed by atoms with Crippen molar-refractivity contribution in [1.82, 2.24) is 19.8 Å². The molecular weight excluding hydrogens is 419 g/mol. The summed E-state index contributed by atoms with van der Waals surface area (Å²) in [4.78, 5) is 32.0. The Labute approximate surface area is 191 Å². The molecule has 0 spiro atoms. The van der Waals surface area contributed by atoms with E-state index in [9.17, 15) is 14.0 Å². The Morgan fingerprint density at radius 1 is 1.09 bits per heavy atom. The highest BCUT2D eigenvalue weighted by atomic mass is 19.1. The lowest BCUT2D eigenvalue weighted by Crippen LogP contribution is -2.40. The third-order valence-corrected chi connectivity index (χ3v) is 7.60. The molecule has 2 aromatic carbocycles.